The summed E-state index contributed by atoms with van der Waals surface area (Å²) in [4.78, 5) is 0. The summed E-state index contributed by atoms with van der Waals surface area (Å²) >= 11 is 30.6. The second-order valence-electron chi connectivity index (χ2n) is 5.12. The molecule has 0 heterocycles. The van der Waals surface area contributed by atoms with Gasteiger partial charge in [-0.05, 0) is 5.56 Å². The lowest BCUT2D eigenvalue weighted by molar-refractivity contribution is 0.517. The Morgan fingerprint density at radius 2 is 1.32 bits per heavy atom. The van der Waals surface area contributed by atoms with Crippen LogP contribution in [0.2, 0.25) is 0 Å². The largest absolute Gasteiger partial charge is 0.139 e. The summed E-state index contributed by atoms with van der Waals surface area (Å²) in [6.07, 6.45) is 2.17. The molecule has 2 atom stereocenters. The summed E-state index contributed by atoms with van der Waals surface area (Å²) in [6, 6.07) is 10.4. The fourth-order valence-electron chi connectivity index (χ4n) is 2.33. The van der Waals surface area contributed by atoms with Crippen LogP contribution in [0, 0.1) is 0 Å². The maximum Gasteiger partial charge on any atom is 0.139 e. The van der Waals surface area contributed by atoms with Crippen molar-refractivity contribution in [2.45, 2.75) is 26.9 Å². The molecule has 1 aliphatic carbocycles. The molecule has 0 fully saturated rings. The Labute approximate surface area is 198 Å². The molecule has 0 nitrogen and oxygen atoms in total. The first kappa shape index (κ1) is 21.1. The third-order valence-corrected chi connectivity index (χ3v) is 19.5. The maximum atomic E-state index is 3.99. The average molecular weight is 817 g/mol. The van der Waals surface area contributed by atoms with E-state index >= 15 is 0 Å². The normalized spacial score (nSPS) is 30.5. The van der Waals surface area contributed by atoms with Crippen LogP contribution in [0.25, 0.3) is 0 Å². The van der Waals surface area contributed by atoms with E-state index in [1.165, 1.54) is 5.56 Å². The van der Waals surface area contributed by atoms with Crippen molar-refractivity contribution in [2.75, 3.05) is 0 Å². The molecule has 122 valence electrons. The number of alkyl halides is 7. The first-order valence-corrected chi connectivity index (χ1v) is 12.5. The molecular formula is C14H10Br8. The molecule has 0 N–H and O–H groups in total. The Hall–Kier alpha value is 2.80. The van der Waals surface area contributed by atoms with Gasteiger partial charge in [0.15, 0.2) is 0 Å². The average Bonchev–Trinajstić information content (AvgIpc) is 2.45. The quantitative estimate of drug-likeness (QED) is 0.263. The number of halogens is 8. The molecule has 8 heteroatoms. The minimum atomic E-state index is -0.583. The van der Waals surface area contributed by atoms with Crippen LogP contribution in [0.1, 0.15) is 18.4 Å². The standard InChI is InChI=1S/C14H10Br8/c1-8(9-5-3-2-4-6-9)11(16)7-10(15)12(17,18)14(21,22)13(11,19)20/h2-8H,1H3. The highest BCUT2D eigenvalue weighted by Crippen LogP contribution is 2.73. The Bertz CT molecular complexity index is 592. The molecule has 2 unspecified atom stereocenters. The van der Waals surface area contributed by atoms with E-state index in [4.69, 9.17) is 0 Å². The highest BCUT2D eigenvalue weighted by atomic mass is 79.9. The molecule has 0 amide bonds. The van der Waals surface area contributed by atoms with Crippen LogP contribution in [0.3, 0.4) is 0 Å². The SMILES string of the molecule is CC(c1ccccc1)C1(Br)C=C(Br)C(Br)(Br)C(Br)(Br)C1(Br)Br. The van der Waals surface area contributed by atoms with Crippen molar-refractivity contribution >= 4 is 127 Å². The van der Waals surface area contributed by atoms with Crippen LogP contribution in [-0.4, -0.2) is 14.0 Å². The van der Waals surface area contributed by atoms with Crippen molar-refractivity contribution in [1.29, 1.82) is 0 Å². The molecule has 0 spiro atoms. The first-order chi connectivity index (χ1) is 9.89. The Balaban J connectivity index is 2.65. The van der Waals surface area contributed by atoms with Crippen LogP contribution in [0.4, 0.5) is 0 Å². The maximum absolute atomic E-state index is 3.99. The van der Waals surface area contributed by atoms with Crippen molar-refractivity contribution in [3.8, 4) is 0 Å². The zero-order chi connectivity index (χ0) is 17.0. The molecule has 0 bridgehead atoms. The van der Waals surface area contributed by atoms with Gasteiger partial charge in [0, 0.05) is 10.4 Å². The van der Waals surface area contributed by atoms with Gasteiger partial charge in [0.1, 0.15) is 9.70 Å². The summed E-state index contributed by atoms with van der Waals surface area (Å²) in [7, 11) is 0. The van der Waals surface area contributed by atoms with Gasteiger partial charge in [-0.15, -0.1) is 0 Å². The van der Waals surface area contributed by atoms with Crippen molar-refractivity contribution < 1.29 is 0 Å². The van der Waals surface area contributed by atoms with E-state index in [9.17, 15) is 0 Å². The van der Waals surface area contributed by atoms with Crippen molar-refractivity contribution in [3.63, 3.8) is 0 Å². The van der Waals surface area contributed by atoms with Gasteiger partial charge in [0.2, 0.25) is 0 Å². The van der Waals surface area contributed by atoms with Crippen LogP contribution < -0.4 is 0 Å². The minimum Gasteiger partial charge on any atom is -0.0775 e. The summed E-state index contributed by atoms with van der Waals surface area (Å²) in [5, 5.41) is 0. The second kappa shape index (κ2) is 7.08. The van der Waals surface area contributed by atoms with E-state index in [-0.39, 0.29) is 5.92 Å². The van der Waals surface area contributed by atoms with Gasteiger partial charge in [-0.3, -0.25) is 0 Å². The van der Waals surface area contributed by atoms with E-state index in [1.54, 1.807) is 0 Å². The summed E-state index contributed by atoms with van der Waals surface area (Å²) in [6.45, 7) is 2.20. The number of hydrogen-bond acceptors (Lipinski definition) is 0. The van der Waals surface area contributed by atoms with Gasteiger partial charge in [0.25, 0.3) is 0 Å². The molecule has 1 aromatic rings. The van der Waals surface area contributed by atoms with Crippen molar-refractivity contribution in [3.05, 3.63) is 46.5 Å². The van der Waals surface area contributed by atoms with E-state index in [2.05, 4.69) is 165 Å². The molecule has 0 aliphatic heterocycles. The van der Waals surface area contributed by atoms with Gasteiger partial charge in [-0.1, -0.05) is 171 Å². The predicted molar refractivity (Wildman–Crippen MR) is 125 cm³/mol. The molecule has 0 radical (unpaired) electrons. The van der Waals surface area contributed by atoms with Crippen LogP contribution >= 0.6 is 127 Å². The topological polar surface area (TPSA) is 0 Å². The summed E-state index contributed by atoms with van der Waals surface area (Å²) in [5.74, 6) is 0.186. The lowest BCUT2D eigenvalue weighted by Gasteiger charge is -2.55. The third-order valence-electron chi connectivity index (χ3n) is 3.84. The Morgan fingerprint density at radius 1 is 0.818 bits per heavy atom. The Morgan fingerprint density at radius 3 is 1.82 bits per heavy atom. The van der Waals surface area contributed by atoms with Crippen molar-refractivity contribution in [2.24, 2.45) is 0 Å². The molecule has 2 rings (SSSR count). The van der Waals surface area contributed by atoms with Gasteiger partial charge in [-0.2, -0.15) is 0 Å². The van der Waals surface area contributed by atoms with Gasteiger partial charge >= 0.3 is 0 Å². The molecule has 0 saturated heterocycles. The highest BCUT2D eigenvalue weighted by molar-refractivity contribution is 9.33. The fraction of sp³-hybridized carbons (Fsp3) is 0.429. The molecular weight excluding hydrogens is 807 g/mol. The lowest BCUT2D eigenvalue weighted by atomic mass is 9.81. The summed E-state index contributed by atoms with van der Waals surface area (Å²) in [5.41, 5.74) is 1.24. The number of hydrogen-bond donors (Lipinski definition) is 0. The van der Waals surface area contributed by atoms with E-state index < -0.39 is 14.0 Å². The fourth-order valence-corrected chi connectivity index (χ4v) is 9.64. The second-order valence-corrected chi connectivity index (χ2v) is 17.6. The van der Waals surface area contributed by atoms with Crippen LogP contribution in [0.15, 0.2) is 40.9 Å². The molecule has 1 aromatic carbocycles. The molecule has 0 aromatic heterocycles. The highest BCUT2D eigenvalue weighted by Gasteiger charge is 2.70. The predicted octanol–water partition coefficient (Wildman–Crippen LogP) is 8.67. The van der Waals surface area contributed by atoms with E-state index in [0.29, 0.717) is 0 Å². The van der Waals surface area contributed by atoms with Crippen molar-refractivity contribution in [1.82, 2.24) is 0 Å². The number of rotatable bonds is 2. The lowest BCUT2D eigenvalue weighted by Crippen LogP contribution is -2.62. The number of allylic oxidation sites excluding steroid dienone is 2. The van der Waals surface area contributed by atoms with E-state index in [0.717, 1.165) is 4.48 Å². The smallest absolute Gasteiger partial charge is 0.0775 e. The van der Waals surface area contributed by atoms with Crippen LogP contribution in [-0.2, 0) is 0 Å². The van der Waals surface area contributed by atoms with Crippen LogP contribution in [0.5, 0.6) is 0 Å². The first-order valence-electron chi connectivity index (χ1n) is 6.15. The third kappa shape index (κ3) is 3.13. The number of benzene rings is 1. The minimum absolute atomic E-state index is 0.186. The molecule has 1 aliphatic rings. The van der Waals surface area contributed by atoms with Gasteiger partial charge in [0.05, 0.1) is 4.32 Å². The monoisotopic (exact) mass is 809 g/mol. The molecule has 0 saturated carbocycles. The van der Waals surface area contributed by atoms with E-state index in [1.807, 2.05) is 6.07 Å². The molecule has 22 heavy (non-hydrogen) atoms. The Kier molecular flexibility index (Phi) is 6.79. The van der Waals surface area contributed by atoms with Gasteiger partial charge in [-0.25, -0.2) is 0 Å². The zero-order valence-corrected chi connectivity index (χ0v) is 23.8. The van der Waals surface area contributed by atoms with Gasteiger partial charge < -0.3 is 0 Å². The summed E-state index contributed by atoms with van der Waals surface area (Å²) < 4.78 is -1.12. The zero-order valence-electron chi connectivity index (χ0n) is 11.1.